The van der Waals surface area contributed by atoms with Crippen molar-refractivity contribution in [1.29, 1.82) is 0 Å². The molecule has 0 saturated heterocycles. The van der Waals surface area contributed by atoms with Crippen molar-refractivity contribution in [2.75, 3.05) is 11.9 Å². The van der Waals surface area contributed by atoms with Crippen molar-refractivity contribution in [1.82, 2.24) is 10.1 Å². The first-order valence-corrected chi connectivity index (χ1v) is 4.90. The minimum Gasteiger partial charge on any atom is -0.381 e. The summed E-state index contributed by atoms with van der Waals surface area (Å²) in [6.45, 7) is 4.50. The van der Waals surface area contributed by atoms with E-state index in [1.165, 1.54) is 0 Å². The van der Waals surface area contributed by atoms with E-state index in [9.17, 15) is 0 Å². The first-order chi connectivity index (χ1) is 7.22. The van der Waals surface area contributed by atoms with E-state index in [2.05, 4.69) is 15.5 Å². The molecule has 1 unspecified atom stereocenters. The van der Waals surface area contributed by atoms with E-state index >= 15 is 0 Å². The van der Waals surface area contributed by atoms with Gasteiger partial charge in [0.2, 0.25) is 0 Å². The van der Waals surface area contributed by atoms with Gasteiger partial charge in [0, 0.05) is 18.8 Å². The fraction of sp³-hybridized carbons (Fsp3) is 0.400. The summed E-state index contributed by atoms with van der Waals surface area (Å²) in [4.78, 5) is 4.10. The molecule has 2 rings (SSSR count). The molecule has 5 heteroatoms. The first-order valence-electron chi connectivity index (χ1n) is 4.90. The predicted molar refractivity (Wildman–Crippen MR) is 58.7 cm³/mol. The summed E-state index contributed by atoms with van der Waals surface area (Å²) in [5.74, 6) is 0. The van der Waals surface area contributed by atoms with Gasteiger partial charge in [-0.25, -0.2) is 4.98 Å². The van der Waals surface area contributed by atoms with Gasteiger partial charge < -0.3 is 15.6 Å². The Kier molecular flexibility index (Phi) is 2.55. The molecule has 0 aliphatic carbocycles. The third-order valence-corrected chi connectivity index (χ3v) is 2.30. The van der Waals surface area contributed by atoms with E-state index in [1.807, 2.05) is 19.9 Å². The molecule has 3 N–H and O–H groups in total. The lowest BCUT2D eigenvalue weighted by molar-refractivity contribution is 0.443. The lowest BCUT2D eigenvalue weighted by Crippen LogP contribution is -2.25. The Morgan fingerprint density at radius 1 is 1.60 bits per heavy atom. The highest BCUT2D eigenvalue weighted by Gasteiger charge is 2.11. The molecular formula is C10H14N4O. The number of aryl methyl sites for hydroxylation is 1. The smallest absolute Gasteiger partial charge is 0.260 e. The molecule has 0 aromatic carbocycles. The second-order valence-electron chi connectivity index (χ2n) is 3.59. The zero-order valence-electron chi connectivity index (χ0n) is 8.82. The average molecular weight is 206 g/mol. The van der Waals surface area contributed by atoms with Crippen LogP contribution in [0.4, 0.5) is 5.69 Å². The molecule has 0 aliphatic heterocycles. The minimum atomic E-state index is 0.213. The van der Waals surface area contributed by atoms with Crippen molar-refractivity contribution in [3.63, 3.8) is 0 Å². The van der Waals surface area contributed by atoms with Gasteiger partial charge >= 0.3 is 0 Å². The van der Waals surface area contributed by atoms with Crippen LogP contribution < -0.4 is 11.1 Å². The number of hydrogen-bond acceptors (Lipinski definition) is 5. The van der Waals surface area contributed by atoms with Crippen LogP contribution in [0.5, 0.6) is 0 Å². The largest absolute Gasteiger partial charge is 0.381 e. The molecule has 0 amide bonds. The summed E-state index contributed by atoms with van der Waals surface area (Å²) in [5.41, 5.74) is 7.92. The third-order valence-electron chi connectivity index (χ3n) is 2.30. The quantitative estimate of drug-likeness (QED) is 0.791. The zero-order valence-corrected chi connectivity index (χ0v) is 8.82. The molecule has 0 bridgehead atoms. The Morgan fingerprint density at radius 2 is 2.40 bits per heavy atom. The normalized spacial score (nSPS) is 13.0. The molecule has 0 spiro atoms. The summed E-state index contributed by atoms with van der Waals surface area (Å²) >= 11 is 0. The van der Waals surface area contributed by atoms with Crippen molar-refractivity contribution in [2.45, 2.75) is 19.9 Å². The van der Waals surface area contributed by atoms with Gasteiger partial charge in [0.1, 0.15) is 0 Å². The molecule has 0 aliphatic rings. The van der Waals surface area contributed by atoms with Gasteiger partial charge in [-0.05, 0) is 19.9 Å². The maximum Gasteiger partial charge on any atom is 0.260 e. The highest BCUT2D eigenvalue weighted by atomic mass is 16.5. The van der Waals surface area contributed by atoms with Gasteiger partial charge in [-0.3, -0.25) is 0 Å². The maximum absolute atomic E-state index is 5.56. The van der Waals surface area contributed by atoms with E-state index < -0.39 is 0 Å². The zero-order chi connectivity index (χ0) is 10.8. The van der Waals surface area contributed by atoms with Gasteiger partial charge in [-0.1, -0.05) is 5.16 Å². The maximum atomic E-state index is 5.56. The summed E-state index contributed by atoms with van der Waals surface area (Å²) in [7, 11) is 0. The van der Waals surface area contributed by atoms with E-state index in [4.69, 9.17) is 10.3 Å². The van der Waals surface area contributed by atoms with Crippen LogP contribution in [-0.2, 0) is 0 Å². The number of hydrogen-bond donors (Lipinski definition) is 2. The van der Waals surface area contributed by atoms with E-state index in [0.29, 0.717) is 12.3 Å². The van der Waals surface area contributed by atoms with Crippen LogP contribution in [-0.4, -0.2) is 22.7 Å². The summed E-state index contributed by atoms with van der Waals surface area (Å²) in [6, 6.07) is 2.11. The lowest BCUT2D eigenvalue weighted by Gasteiger charge is -2.12. The number of anilines is 1. The van der Waals surface area contributed by atoms with E-state index in [1.54, 1.807) is 6.20 Å². The summed E-state index contributed by atoms with van der Waals surface area (Å²) < 4.78 is 5.07. The Balaban J connectivity index is 2.45. The van der Waals surface area contributed by atoms with Gasteiger partial charge in [0.25, 0.3) is 5.71 Å². The van der Waals surface area contributed by atoms with Crippen LogP contribution in [0.15, 0.2) is 16.8 Å². The SMILES string of the molecule is Cc1noc2nccc(NC(C)CN)c12. The molecule has 2 aromatic heterocycles. The lowest BCUT2D eigenvalue weighted by atomic mass is 10.2. The molecule has 2 heterocycles. The molecule has 80 valence electrons. The number of rotatable bonds is 3. The van der Waals surface area contributed by atoms with E-state index in [-0.39, 0.29) is 6.04 Å². The molecule has 2 aromatic rings. The van der Waals surface area contributed by atoms with Crippen LogP contribution in [0, 0.1) is 6.92 Å². The average Bonchev–Trinajstić information content (AvgIpc) is 2.61. The van der Waals surface area contributed by atoms with Crippen molar-refractivity contribution in [2.24, 2.45) is 5.73 Å². The fourth-order valence-electron chi connectivity index (χ4n) is 1.46. The van der Waals surface area contributed by atoms with Crippen LogP contribution in [0.2, 0.25) is 0 Å². The van der Waals surface area contributed by atoms with Gasteiger partial charge in [0.15, 0.2) is 0 Å². The molecule has 0 radical (unpaired) electrons. The van der Waals surface area contributed by atoms with Gasteiger partial charge in [0.05, 0.1) is 16.8 Å². The third kappa shape index (κ3) is 1.78. The highest BCUT2D eigenvalue weighted by Crippen LogP contribution is 2.24. The number of fused-ring (bicyclic) bond motifs is 1. The van der Waals surface area contributed by atoms with Gasteiger partial charge in [-0.15, -0.1) is 0 Å². The van der Waals surface area contributed by atoms with Crippen molar-refractivity contribution in [3.8, 4) is 0 Å². The standard InChI is InChI=1S/C10H14N4O/c1-6(5-11)13-8-3-4-12-10-9(8)7(2)14-15-10/h3-4,6H,5,11H2,1-2H3,(H,12,13). The minimum absolute atomic E-state index is 0.213. The van der Waals surface area contributed by atoms with Crippen molar-refractivity contribution >= 4 is 16.8 Å². The molecule has 0 fully saturated rings. The topological polar surface area (TPSA) is 77.0 Å². The fourth-order valence-corrected chi connectivity index (χ4v) is 1.46. The van der Waals surface area contributed by atoms with Crippen molar-refractivity contribution < 1.29 is 4.52 Å². The van der Waals surface area contributed by atoms with Crippen LogP contribution in [0.3, 0.4) is 0 Å². The second-order valence-corrected chi connectivity index (χ2v) is 3.59. The number of pyridine rings is 1. The van der Waals surface area contributed by atoms with Crippen LogP contribution in [0.25, 0.3) is 11.1 Å². The van der Waals surface area contributed by atoms with Gasteiger partial charge in [-0.2, -0.15) is 0 Å². The number of nitrogens with one attached hydrogen (secondary N) is 1. The Morgan fingerprint density at radius 3 is 3.13 bits per heavy atom. The first kappa shape index (κ1) is 9.92. The Bertz CT molecular complexity index is 465. The molecule has 0 saturated carbocycles. The molecule has 15 heavy (non-hydrogen) atoms. The Hall–Kier alpha value is -1.62. The number of nitrogens with two attached hydrogens (primary N) is 1. The van der Waals surface area contributed by atoms with Crippen molar-refractivity contribution in [3.05, 3.63) is 18.0 Å². The van der Waals surface area contributed by atoms with Crippen LogP contribution >= 0.6 is 0 Å². The summed E-state index contributed by atoms with van der Waals surface area (Å²) in [5, 5.41) is 8.11. The Labute approximate surface area is 87.6 Å². The molecular weight excluding hydrogens is 192 g/mol. The molecule has 1 atom stereocenters. The molecule has 5 nitrogen and oxygen atoms in total. The second kappa shape index (κ2) is 3.86. The highest BCUT2D eigenvalue weighted by molar-refractivity contribution is 5.89. The number of nitrogens with zero attached hydrogens (tertiary/aromatic N) is 2. The predicted octanol–water partition coefficient (Wildman–Crippen LogP) is 1.29. The number of aromatic nitrogens is 2. The van der Waals surface area contributed by atoms with Crippen LogP contribution in [0.1, 0.15) is 12.6 Å². The summed E-state index contributed by atoms with van der Waals surface area (Å²) in [6.07, 6.45) is 1.69. The monoisotopic (exact) mass is 206 g/mol. The van der Waals surface area contributed by atoms with E-state index in [0.717, 1.165) is 16.8 Å².